The molecule has 0 bridgehead atoms. The highest BCUT2D eigenvalue weighted by Gasteiger charge is 2.03. The van der Waals surface area contributed by atoms with Crippen LogP contribution >= 0.6 is 35.3 Å². The molecule has 1 heterocycles. The molecule has 0 aliphatic carbocycles. The van der Waals surface area contributed by atoms with E-state index in [-0.39, 0.29) is 24.0 Å². The summed E-state index contributed by atoms with van der Waals surface area (Å²) in [5, 5.41) is 9.42. The summed E-state index contributed by atoms with van der Waals surface area (Å²) >= 11 is 1.64. The van der Waals surface area contributed by atoms with Gasteiger partial charge in [-0.05, 0) is 31.0 Å². The van der Waals surface area contributed by atoms with E-state index in [9.17, 15) is 8.78 Å². The topological polar surface area (TPSA) is 49.3 Å². The molecule has 0 atom stereocenters. The second-order valence-electron chi connectivity index (χ2n) is 5.06. The molecular formula is C16H21F2IN4S. The summed E-state index contributed by atoms with van der Waals surface area (Å²) in [6.07, 6.45) is 1.33. The van der Waals surface area contributed by atoms with E-state index >= 15 is 0 Å². The largest absolute Gasteiger partial charge is 0.356 e. The van der Waals surface area contributed by atoms with Crippen molar-refractivity contribution in [3.8, 4) is 0 Å². The maximum absolute atomic E-state index is 13.1. The van der Waals surface area contributed by atoms with Crippen LogP contribution in [0.1, 0.15) is 16.3 Å². The molecule has 132 valence electrons. The van der Waals surface area contributed by atoms with Crippen LogP contribution in [0.5, 0.6) is 0 Å². The van der Waals surface area contributed by atoms with Gasteiger partial charge in [-0.1, -0.05) is 0 Å². The van der Waals surface area contributed by atoms with Gasteiger partial charge in [0.25, 0.3) is 0 Å². The van der Waals surface area contributed by atoms with E-state index in [4.69, 9.17) is 0 Å². The SMILES string of the molecule is CN=C(NCCc1cc(F)cc(F)c1)NCCc1csc(C)n1.I. The first-order chi connectivity index (χ1) is 11.1. The third-order valence-electron chi connectivity index (χ3n) is 3.19. The summed E-state index contributed by atoms with van der Waals surface area (Å²) in [5.41, 5.74) is 1.68. The van der Waals surface area contributed by atoms with Crippen LogP contribution in [-0.4, -0.2) is 31.1 Å². The number of hydrogen-bond donors (Lipinski definition) is 2. The number of thiazole rings is 1. The summed E-state index contributed by atoms with van der Waals surface area (Å²) in [6, 6.07) is 3.55. The van der Waals surface area contributed by atoms with Crippen LogP contribution in [0, 0.1) is 18.6 Å². The fourth-order valence-corrected chi connectivity index (χ4v) is 2.78. The predicted octanol–water partition coefficient (Wildman–Crippen LogP) is 3.30. The Balaban J connectivity index is 0.00000288. The molecule has 1 aromatic heterocycles. The third-order valence-corrected chi connectivity index (χ3v) is 4.01. The number of rotatable bonds is 6. The monoisotopic (exact) mass is 466 g/mol. The minimum atomic E-state index is -0.555. The lowest BCUT2D eigenvalue weighted by Gasteiger charge is -2.11. The molecule has 0 unspecified atom stereocenters. The molecule has 2 rings (SSSR count). The first kappa shape index (κ1) is 20.8. The average Bonchev–Trinajstić information content (AvgIpc) is 2.90. The number of nitrogens with zero attached hydrogens (tertiary/aromatic N) is 2. The quantitative estimate of drug-likeness (QED) is 0.391. The predicted molar refractivity (Wildman–Crippen MR) is 105 cm³/mol. The van der Waals surface area contributed by atoms with E-state index in [2.05, 4.69) is 20.6 Å². The molecule has 0 aliphatic heterocycles. The summed E-state index contributed by atoms with van der Waals surface area (Å²) in [4.78, 5) is 8.52. The van der Waals surface area contributed by atoms with Crippen molar-refractivity contribution in [3.63, 3.8) is 0 Å². The van der Waals surface area contributed by atoms with Crippen LogP contribution in [0.4, 0.5) is 8.78 Å². The van der Waals surface area contributed by atoms with Crippen molar-refractivity contribution in [1.29, 1.82) is 0 Å². The highest BCUT2D eigenvalue weighted by molar-refractivity contribution is 14.0. The summed E-state index contributed by atoms with van der Waals surface area (Å²) in [5.74, 6) is -0.448. The Labute approximate surface area is 161 Å². The van der Waals surface area contributed by atoms with Gasteiger partial charge in [0.05, 0.1) is 10.7 Å². The molecule has 1 aromatic carbocycles. The highest BCUT2D eigenvalue weighted by atomic mass is 127. The molecule has 8 heteroatoms. The molecule has 4 nitrogen and oxygen atoms in total. The first-order valence-corrected chi connectivity index (χ1v) is 8.25. The first-order valence-electron chi connectivity index (χ1n) is 7.37. The zero-order valence-electron chi connectivity index (χ0n) is 13.6. The van der Waals surface area contributed by atoms with Gasteiger partial charge in [-0.2, -0.15) is 0 Å². The van der Waals surface area contributed by atoms with E-state index in [0.717, 1.165) is 29.7 Å². The third kappa shape index (κ3) is 7.08. The van der Waals surface area contributed by atoms with Crippen molar-refractivity contribution in [3.05, 3.63) is 51.5 Å². The van der Waals surface area contributed by atoms with Crippen LogP contribution in [0.25, 0.3) is 0 Å². The van der Waals surface area contributed by atoms with Crippen molar-refractivity contribution < 1.29 is 8.78 Å². The second kappa shape index (κ2) is 10.5. The Hall–Kier alpha value is -1.29. The van der Waals surface area contributed by atoms with Crippen LogP contribution in [0.15, 0.2) is 28.6 Å². The normalized spacial score (nSPS) is 11.1. The van der Waals surface area contributed by atoms with Gasteiger partial charge in [0.2, 0.25) is 0 Å². The summed E-state index contributed by atoms with van der Waals surface area (Å²) < 4.78 is 26.2. The molecule has 2 N–H and O–H groups in total. The smallest absolute Gasteiger partial charge is 0.190 e. The number of nitrogens with one attached hydrogen (secondary N) is 2. The minimum absolute atomic E-state index is 0. The van der Waals surface area contributed by atoms with Crippen LogP contribution in [-0.2, 0) is 12.8 Å². The molecule has 24 heavy (non-hydrogen) atoms. The number of hydrogen-bond acceptors (Lipinski definition) is 3. The highest BCUT2D eigenvalue weighted by Crippen LogP contribution is 2.08. The number of aromatic nitrogens is 1. The molecule has 0 saturated carbocycles. The zero-order chi connectivity index (χ0) is 16.7. The zero-order valence-corrected chi connectivity index (χ0v) is 16.8. The molecule has 0 amide bonds. The number of benzene rings is 1. The summed E-state index contributed by atoms with van der Waals surface area (Å²) in [6.45, 7) is 3.24. The van der Waals surface area contributed by atoms with Crippen molar-refractivity contribution in [2.75, 3.05) is 20.1 Å². The standard InChI is InChI=1S/C16H20F2N4S.HI/c1-11-22-15(10-23-11)4-6-21-16(19-2)20-5-3-12-7-13(17)9-14(18)8-12;/h7-10H,3-6H2,1-2H3,(H2,19,20,21);1H. The van der Waals surface area contributed by atoms with Crippen LogP contribution in [0.2, 0.25) is 0 Å². The van der Waals surface area contributed by atoms with Crippen LogP contribution in [0.3, 0.4) is 0 Å². The molecular weight excluding hydrogens is 445 g/mol. The van der Waals surface area contributed by atoms with Gasteiger partial charge in [0, 0.05) is 38.0 Å². The lowest BCUT2D eigenvalue weighted by Crippen LogP contribution is -2.39. The van der Waals surface area contributed by atoms with Gasteiger partial charge in [0.15, 0.2) is 5.96 Å². The fraction of sp³-hybridized carbons (Fsp3) is 0.375. The molecule has 0 radical (unpaired) electrons. The maximum atomic E-state index is 13.1. The van der Waals surface area contributed by atoms with Crippen molar-refractivity contribution in [1.82, 2.24) is 15.6 Å². The number of aliphatic imine (C=N–C) groups is 1. The number of halogens is 3. The Bertz CT molecular complexity index is 656. The van der Waals surface area contributed by atoms with Gasteiger partial charge in [-0.15, -0.1) is 35.3 Å². The lowest BCUT2D eigenvalue weighted by atomic mass is 10.1. The Morgan fingerprint density at radius 2 is 1.75 bits per heavy atom. The van der Waals surface area contributed by atoms with Crippen molar-refractivity contribution in [2.24, 2.45) is 4.99 Å². The minimum Gasteiger partial charge on any atom is -0.356 e. The van der Waals surface area contributed by atoms with E-state index in [0.29, 0.717) is 24.5 Å². The van der Waals surface area contributed by atoms with Gasteiger partial charge in [-0.3, -0.25) is 4.99 Å². The van der Waals surface area contributed by atoms with E-state index in [1.54, 1.807) is 18.4 Å². The molecule has 2 aromatic rings. The van der Waals surface area contributed by atoms with Gasteiger partial charge < -0.3 is 10.6 Å². The Morgan fingerprint density at radius 1 is 1.12 bits per heavy atom. The Morgan fingerprint density at radius 3 is 2.29 bits per heavy atom. The lowest BCUT2D eigenvalue weighted by molar-refractivity contribution is 0.579. The van der Waals surface area contributed by atoms with E-state index in [1.165, 1.54) is 12.1 Å². The van der Waals surface area contributed by atoms with Crippen molar-refractivity contribution >= 4 is 41.3 Å². The maximum Gasteiger partial charge on any atom is 0.190 e. The molecule has 0 saturated heterocycles. The molecule has 0 aliphatic rings. The van der Waals surface area contributed by atoms with E-state index < -0.39 is 11.6 Å². The van der Waals surface area contributed by atoms with Gasteiger partial charge >= 0.3 is 0 Å². The van der Waals surface area contributed by atoms with E-state index in [1.807, 2.05) is 12.3 Å². The van der Waals surface area contributed by atoms with Gasteiger partial charge in [-0.25, -0.2) is 13.8 Å². The molecule has 0 fully saturated rings. The van der Waals surface area contributed by atoms with Crippen molar-refractivity contribution in [2.45, 2.75) is 19.8 Å². The second-order valence-corrected chi connectivity index (χ2v) is 6.12. The van der Waals surface area contributed by atoms with Gasteiger partial charge in [0.1, 0.15) is 11.6 Å². The Kier molecular flexibility index (Phi) is 9.12. The number of aryl methyl sites for hydroxylation is 1. The fourth-order valence-electron chi connectivity index (χ4n) is 2.13. The summed E-state index contributed by atoms with van der Waals surface area (Å²) in [7, 11) is 1.68. The molecule has 0 spiro atoms. The average molecular weight is 466 g/mol. The van der Waals surface area contributed by atoms with Crippen LogP contribution < -0.4 is 10.6 Å². The number of guanidine groups is 1.